The van der Waals surface area contributed by atoms with Crippen LogP contribution in [-0.4, -0.2) is 15.2 Å². The van der Waals surface area contributed by atoms with E-state index in [2.05, 4.69) is 15.2 Å². The number of hydrogen-bond acceptors (Lipinski definition) is 4. The summed E-state index contributed by atoms with van der Waals surface area (Å²) in [6, 6.07) is 1.40. The molecule has 2 aromatic heterocycles. The highest BCUT2D eigenvalue weighted by Crippen LogP contribution is 2.22. The predicted molar refractivity (Wildman–Crippen MR) is 47.8 cm³/mol. The molecule has 0 bridgehead atoms. The molecular formula is C8H6FN3S. The van der Waals surface area contributed by atoms with Crippen molar-refractivity contribution in [3.8, 4) is 10.6 Å². The van der Waals surface area contributed by atoms with E-state index in [0.717, 1.165) is 11.2 Å². The summed E-state index contributed by atoms with van der Waals surface area (Å²) in [4.78, 5) is 3.73. The van der Waals surface area contributed by atoms with Gasteiger partial charge in [0.1, 0.15) is 15.8 Å². The van der Waals surface area contributed by atoms with Crippen LogP contribution in [0.3, 0.4) is 0 Å². The molecule has 0 aliphatic carbocycles. The lowest BCUT2D eigenvalue weighted by molar-refractivity contribution is 0.622. The van der Waals surface area contributed by atoms with Crippen molar-refractivity contribution in [1.29, 1.82) is 0 Å². The van der Waals surface area contributed by atoms with Crippen molar-refractivity contribution >= 4 is 11.3 Å². The van der Waals surface area contributed by atoms with Gasteiger partial charge < -0.3 is 0 Å². The fourth-order valence-electron chi connectivity index (χ4n) is 0.942. The minimum atomic E-state index is -0.356. The third-order valence-electron chi connectivity index (χ3n) is 1.48. The van der Waals surface area contributed by atoms with Gasteiger partial charge in [-0.1, -0.05) is 11.3 Å². The van der Waals surface area contributed by atoms with Gasteiger partial charge in [0.2, 0.25) is 0 Å². The molecule has 0 radical (unpaired) electrons. The van der Waals surface area contributed by atoms with Crippen molar-refractivity contribution in [3.63, 3.8) is 0 Å². The van der Waals surface area contributed by atoms with Crippen molar-refractivity contribution in [1.82, 2.24) is 15.2 Å². The first-order valence-electron chi connectivity index (χ1n) is 3.67. The van der Waals surface area contributed by atoms with Crippen molar-refractivity contribution in [2.45, 2.75) is 6.92 Å². The molecule has 0 N–H and O–H groups in total. The summed E-state index contributed by atoms with van der Waals surface area (Å²) in [6.45, 7) is 1.86. The van der Waals surface area contributed by atoms with Gasteiger partial charge in [0.15, 0.2) is 0 Å². The van der Waals surface area contributed by atoms with Crippen molar-refractivity contribution in [2.24, 2.45) is 0 Å². The van der Waals surface area contributed by atoms with Crippen LogP contribution >= 0.6 is 11.3 Å². The molecular weight excluding hydrogens is 189 g/mol. The molecule has 2 heterocycles. The Hall–Kier alpha value is -1.36. The Morgan fingerprint density at radius 2 is 2.15 bits per heavy atom. The van der Waals surface area contributed by atoms with Gasteiger partial charge in [0, 0.05) is 11.8 Å². The first-order valence-corrected chi connectivity index (χ1v) is 4.48. The number of aryl methyl sites for hydroxylation is 1. The van der Waals surface area contributed by atoms with Gasteiger partial charge in [-0.25, -0.2) is 4.39 Å². The van der Waals surface area contributed by atoms with E-state index in [0.29, 0.717) is 10.6 Å². The molecule has 0 aliphatic heterocycles. The zero-order chi connectivity index (χ0) is 9.26. The van der Waals surface area contributed by atoms with Crippen LogP contribution in [0, 0.1) is 12.7 Å². The van der Waals surface area contributed by atoms with E-state index in [4.69, 9.17) is 0 Å². The molecule has 13 heavy (non-hydrogen) atoms. The van der Waals surface area contributed by atoms with E-state index >= 15 is 0 Å². The van der Waals surface area contributed by atoms with Gasteiger partial charge in [0.25, 0.3) is 0 Å². The summed E-state index contributed by atoms with van der Waals surface area (Å²) in [7, 11) is 0. The molecule has 0 aromatic carbocycles. The topological polar surface area (TPSA) is 38.7 Å². The van der Waals surface area contributed by atoms with E-state index in [-0.39, 0.29) is 5.82 Å². The molecule has 0 fully saturated rings. The van der Waals surface area contributed by atoms with E-state index in [1.54, 1.807) is 6.20 Å². The lowest BCUT2D eigenvalue weighted by Crippen LogP contribution is -1.81. The number of aromatic nitrogens is 3. The predicted octanol–water partition coefficient (Wildman–Crippen LogP) is 2.05. The Balaban J connectivity index is 2.46. The van der Waals surface area contributed by atoms with Crippen LogP contribution in [0.1, 0.15) is 5.01 Å². The second-order valence-electron chi connectivity index (χ2n) is 2.52. The Morgan fingerprint density at radius 1 is 1.31 bits per heavy atom. The van der Waals surface area contributed by atoms with E-state index in [1.165, 1.54) is 17.4 Å². The summed E-state index contributed by atoms with van der Waals surface area (Å²) in [5.74, 6) is -0.356. The monoisotopic (exact) mass is 195 g/mol. The smallest absolute Gasteiger partial charge is 0.149 e. The molecule has 66 valence electrons. The zero-order valence-electron chi connectivity index (χ0n) is 6.86. The summed E-state index contributed by atoms with van der Waals surface area (Å²) < 4.78 is 12.8. The van der Waals surface area contributed by atoms with Crippen LogP contribution in [0.25, 0.3) is 10.6 Å². The molecule has 2 rings (SSSR count). The van der Waals surface area contributed by atoms with Gasteiger partial charge in [0.05, 0.1) is 6.20 Å². The fourth-order valence-corrected chi connectivity index (χ4v) is 1.61. The normalized spacial score (nSPS) is 10.3. The van der Waals surface area contributed by atoms with Crippen LogP contribution in [0.2, 0.25) is 0 Å². The number of pyridine rings is 1. The number of halogens is 1. The van der Waals surface area contributed by atoms with Crippen molar-refractivity contribution in [2.75, 3.05) is 0 Å². The summed E-state index contributed by atoms with van der Waals surface area (Å²) in [5.41, 5.74) is 0.672. The van der Waals surface area contributed by atoms with Crippen molar-refractivity contribution < 1.29 is 4.39 Å². The van der Waals surface area contributed by atoms with Crippen molar-refractivity contribution in [3.05, 3.63) is 29.3 Å². The van der Waals surface area contributed by atoms with Gasteiger partial charge in [-0.05, 0) is 13.0 Å². The first kappa shape index (κ1) is 8.25. The Kier molecular flexibility index (Phi) is 2.02. The van der Waals surface area contributed by atoms with Crippen LogP contribution in [0.5, 0.6) is 0 Å². The average molecular weight is 195 g/mol. The maximum Gasteiger partial charge on any atom is 0.149 e. The highest BCUT2D eigenvalue weighted by molar-refractivity contribution is 7.14. The highest BCUT2D eigenvalue weighted by atomic mass is 32.1. The van der Waals surface area contributed by atoms with E-state index in [9.17, 15) is 4.39 Å². The lowest BCUT2D eigenvalue weighted by atomic mass is 10.3. The minimum Gasteiger partial charge on any atom is -0.261 e. The van der Waals surface area contributed by atoms with Crippen LogP contribution in [0.4, 0.5) is 4.39 Å². The van der Waals surface area contributed by atoms with Gasteiger partial charge in [-0.3, -0.25) is 4.98 Å². The standard InChI is InChI=1S/C8H6FN3S/c1-5-11-12-8(13-5)6-2-7(9)4-10-3-6/h2-4H,1H3. The first-order chi connectivity index (χ1) is 6.25. The largest absolute Gasteiger partial charge is 0.261 e. The molecule has 0 amide bonds. The maximum absolute atomic E-state index is 12.8. The molecule has 0 unspecified atom stereocenters. The molecule has 0 spiro atoms. The van der Waals surface area contributed by atoms with Gasteiger partial charge >= 0.3 is 0 Å². The molecule has 3 nitrogen and oxygen atoms in total. The lowest BCUT2D eigenvalue weighted by Gasteiger charge is -1.92. The molecule has 5 heteroatoms. The fraction of sp³-hybridized carbons (Fsp3) is 0.125. The summed E-state index contributed by atoms with van der Waals surface area (Å²) in [5, 5.41) is 9.29. The quantitative estimate of drug-likeness (QED) is 0.699. The van der Waals surface area contributed by atoms with Crippen LogP contribution < -0.4 is 0 Å². The zero-order valence-corrected chi connectivity index (χ0v) is 7.68. The van der Waals surface area contributed by atoms with E-state index in [1.807, 2.05) is 6.92 Å². The Bertz CT molecular complexity index is 427. The van der Waals surface area contributed by atoms with E-state index < -0.39 is 0 Å². The van der Waals surface area contributed by atoms with Gasteiger partial charge in [-0.15, -0.1) is 10.2 Å². The molecule has 2 aromatic rings. The van der Waals surface area contributed by atoms with Gasteiger partial charge in [-0.2, -0.15) is 0 Å². The second-order valence-corrected chi connectivity index (χ2v) is 3.70. The minimum absolute atomic E-state index is 0.356. The summed E-state index contributed by atoms with van der Waals surface area (Å²) in [6.07, 6.45) is 2.74. The molecule has 0 saturated heterocycles. The Labute approximate surface area is 78.3 Å². The number of hydrogen-bond donors (Lipinski definition) is 0. The number of rotatable bonds is 1. The molecule has 0 aliphatic rings. The summed E-state index contributed by atoms with van der Waals surface area (Å²) >= 11 is 1.42. The highest BCUT2D eigenvalue weighted by Gasteiger charge is 2.04. The maximum atomic E-state index is 12.8. The third kappa shape index (κ3) is 1.70. The molecule has 0 atom stereocenters. The Morgan fingerprint density at radius 3 is 2.77 bits per heavy atom. The SMILES string of the molecule is Cc1nnc(-c2cncc(F)c2)s1. The second kappa shape index (κ2) is 3.18. The van der Waals surface area contributed by atoms with Crippen LogP contribution in [0.15, 0.2) is 18.5 Å². The number of nitrogens with zero attached hydrogens (tertiary/aromatic N) is 3. The third-order valence-corrected chi connectivity index (χ3v) is 2.37. The molecule has 0 saturated carbocycles. The average Bonchev–Trinajstić information content (AvgIpc) is 2.52. The van der Waals surface area contributed by atoms with Crippen LogP contribution in [-0.2, 0) is 0 Å².